The zero-order valence-corrected chi connectivity index (χ0v) is 20.4. The first-order chi connectivity index (χ1) is 16.4. The van der Waals surface area contributed by atoms with Gasteiger partial charge in [-0.2, -0.15) is 0 Å². The van der Waals surface area contributed by atoms with Crippen molar-refractivity contribution in [2.45, 2.75) is 26.3 Å². The van der Waals surface area contributed by atoms with Crippen LogP contribution in [0.2, 0.25) is 0 Å². The molecule has 9 heteroatoms. The van der Waals surface area contributed by atoms with Crippen LogP contribution in [0.1, 0.15) is 20.3 Å². The van der Waals surface area contributed by atoms with E-state index in [1.54, 1.807) is 52.8 Å². The van der Waals surface area contributed by atoms with Crippen molar-refractivity contribution in [1.82, 2.24) is 5.16 Å². The molecule has 0 radical (unpaired) electrons. The maximum Gasteiger partial charge on any atom is 0.282 e. The Morgan fingerprint density at radius 1 is 1.00 bits per heavy atom. The van der Waals surface area contributed by atoms with E-state index >= 15 is 0 Å². The van der Waals surface area contributed by atoms with Gasteiger partial charge in [0.05, 0.1) is 40.3 Å². The highest BCUT2D eigenvalue weighted by Gasteiger charge is 2.25. The van der Waals surface area contributed by atoms with E-state index in [0.717, 1.165) is 17.5 Å². The zero-order chi connectivity index (χ0) is 24.8. The number of rotatable bonds is 10. The summed E-state index contributed by atoms with van der Waals surface area (Å²) >= 11 is 0. The lowest BCUT2D eigenvalue weighted by Crippen LogP contribution is -2.69. The standard InChI is InChI=1S/C25H31N3O6/c1-7-14(2)22(26)25(29)28-18-10-15(8-9-19(18)30-3)17-13-27-34-23(17)16-11-20(31-4)24(33-6)21(12-16)32-5/h8-14,22H,7,26H2,1-6H3,(H,28,29)/p+1. The highest BCUT2D eigenvalue weighted by molar-refractivity contribution is 5.96. The molecule has 3 aromatic rings. The molecule has 0 fully saturated rings. The zero-order valence-electron chi connectivity index (χ0n) is 20.4. The van der Waals surface area contributed by atoms with E-state index < -0.39 is 0 Å². The number of aromatic nitrogens is 1. The number of hydrogen-bond donors (Lipinski definition) is 2. The molecule has 0 aliphatic rings. The van der Waals surface area contributed by atoms with Crippen LogP contribution in [0.15, 0.2) is 41.1 Å². The van der Waals surface area contributed by atoms with Gasteiger partial charge in [0.2, 0.25) is 5.75 Å². The second kappa shape index (κ2) is 10.9. The van der Waals surface area contributed by atoms with Crippen LogP contribution >= 0.6 is 0 Å². The van der Waals surface area contributed by atoms with Crippen molar-refractivity contribution in [3.63, 3.8) is 0 Å². The van der Waals surface area contributed by atoms with E-state index in [1.165, 1.54) is 0 Å². The lowest BCUT2D eigenvalue weighted by molar-refractivity contribution is -0.414. The van der Waals surface area contributed by atoms with Gasteiger partial charge in [0.25, 0.3) is 5.91 Å². The number of nitrogens with zero attached hydrogens (tertiary/aromatic N) is 1. The normalized spacial score (nSPS) is 12.6. The Labute approximate surface area is 199 Å². The molecule has 2 aromatic carbocycles. The Bertz CT molecular complexity index is 1120. The van der Waals surface area contributed by atoms with Crippen LogP contribution in [0, 0.1) is 5.92 Å². The number of hydrogen-bond acceptors (Lipinski definition) is 7. The largest absolute Gasteiger partial charge is 0.495 e. The van der Waals surface area contributed by atoms with E-state index in [4.69, 9.17) is 23.5 Å². The molecule has 0 aliphatic carbocycles. The number of nitrogens with one attached hydrogen (secondary N) is 1. The minimum atomic E-state index is -0.385. The van der Waals surface area contributed by atoms with Crippen molar-refractivity contribution >= 4 is 11.6 Å². The van der Waals surface area contributed by atoms with E-state index in [1.807, 2.05) is 26.0 Å². The van der Waals surface area contributed by atoms with Gasteiger partial charge in [0, 0.05) is 17.0 Å². The fourth-order valence-corrected chi connectivity index (χ4v) is 3.61. The third-order valence-corrected chi connectivity index (χ3v) is 5.93. The molecule has 2 atom stereocenters. The maximum absolute atomic E-state index is 12.8. The van der Waals surface area contributed by atoms with Gasteiger partial charge >= 0.3 is 0 Å². The monoisotopic (exact) mass is 470 g/mol. The first-order valence-electron chi connectivity index (χ1n) is 11.0. The van der Waals surface area contributed by atoms with Crippen LogP contribution in [0.5, 0.6) is 23.0 Å². The van der Waals surface area contributed by atoms with Gasteiger partial charge in [-0.3, -0.25) is 4.79 Å². The maximum atomic E-state index is 12.8. The predicted molar refractivity (Wildman–Crippen MR) is 128 cm³/mol. The predicted octanol–water partition coefficient (Wildman–Crippen LogP) is 3.64. The van der Waals surface area contributed by atoms with E-state index in [-0.39, 0.29) is 17.9 Å². The first kappa shape index (κ1) is 24.9. The van der Waals surface area contributed by atoms with Crippen LogP contribution in [0.4, 0.5) is 5.69 Å². The van der Waals surface area contributed by atoms with Crippen LogP contribution < -0.4 is 30.0 Å². The van der Waals surface area contributed by atoms with E-state index in [2.05, 4.69) is 16.2 Å². The molecule has 2 unspecified atom stereocenters. The van der Waals surface area contributed by atoms with Gasteiger partial charge in [0.1, 0.15) is 5.75 Å². The van der Waals surface area contributed by atoms with Gasteiger partial charge in [-0.15, -0.1) is 0 Å². The average molecular weight is 471 g/mol. The molecular weight excluding hydrogens is 438 g/mol. The SMILES string of the molecule is CCC(C)C([NH3+])C(=O)Nc1cc(-c2cnoc2-c2cc(OC)c(OC)c(OC)c2)ccc1OC. The Kier molecular flexibility index (Phi) is 8.01. The molecule has 9 nitrogen and oxygen atoms in total. The Balaban J connectivity index is 2.03. The molecule has 34 heavy (non-hydrogen) atoms. The Morgan fingerprint density at radius 3 is 2.21 bits per heavy atom. The second-order valence-corrected chi connectivity index (χ2v) is 7.88. The Morgan fingerprint density at radius 2 is 1.65 bits per heavy atom. The highest BCUT2D eigenvalue weighted by atomic mass is 16.5. The molecular formula is C25H32N3O6+. The van der Waals surface area contributed by atoms with Gasteiger partial charge in [0.15, 0.2) is 23.3 Å². The topological polar surface area (TPSA) is 120 Å². The summed E-state index contributed by atoms with van der Waals surface area (Å²) in [6.07, 6.45) is 2.48. The number of ether oxygens (including phenoxy) is 4. The number of carbonyl (C=O) groups is 1. The minimum absolute atomic E-state index is 0.152. The van der Waals surface area contributed by atoms with Crippen molar-refractivity contribution in [2.75, 3.05) is 33.8 Å². The Hall–Kier alpha value is -3.72. The van der Waals surface area contributed by atoms with Crippen molar-refractivity contribution in [3.8, 4) is 45.4 Å². The van der Waals surface area contributed by atoms with Crippen LogP contribution in [-0.4, -0.2) is 45.5 Å². The molecule has 0 saturated heterocycles. The fraction of sp³-hybridized carbons (Fsp3) is 0.360. The molecule has 0 bridgehead atoms. The lowest BCUT2D eigenvalue weighted by Gasteiger charge is -2.17. The quantitative estimate of drug-likeness (QED) is 0.464. The lowest BCUT2D eigenvalue weighted by atomic mass is 9.98. The molecule has 4 N–H and O–H groups in total. The number of anilines is 1. The summed E-state index contributed by atoms with van der Waals surface area (Å²) in [5, 5.41) is 6.96. The second-order valence-electron chi connectivity index (χ2n) is 7.88. The van der Waals surface area contributed by atoms with Gasteiger partial charge in [-0.05, 0) is 36.2 Å². The van der Waals surface area contributed by atoms with Crippen molar-refractivity contribution < 1.29 is 34.0 Å². The smallest absolute Gasteiger partial charge is 0.282 e. The van der Waals surface area contributed by atoms with Crippen LogP contribution in [-0.2, 0) is 4.79 Å². The number of carbonyl (C=O) groups excluding carboxylic acids is 1. The molecule has 0 aliphatic heterocycles. The molecule has 1 heterocycles. The van der Waals surface area contributed by atoms with Crippen molar-refractivity contribution in [1.29, 1.82) is 0 Å². The molecule has 1 aromatic heterocycles. The fourth-order valence-electron chi connectivity index (χ4n) is 3.61. The minimum Gasteiger partial charge on any atom is -0.495 e. The third-order valence-electron chi connectivity index (χ3n) is 5.93. The molecule has 3 rings (SSSR count). The molecule has 0 saturated carbocycles. The molecule has 182 valence electrons. The summed E-state index contributed by atoms with van der Waals surface area (Å²) in [5.41, 5.74) is 6.76. The average Bonchev–Trinajstić information content (AvgIpc) is 3.36. The first-order valence-corrected chi connectivity index (χ1v) is 11.0. The van der Waals surface area contributed by atoms with Crippen LogP contribution in [0.3, 0.4) is 0 Å². The van der Waals surface area contributed by atoms with Crippen molar-refractivity contribution in [3.05, 3.63) is 36.5 Å². The summed E-state index contributed by atoms with van der Waals surface area (Å²) in [7, 11) is 6.21. The van der Waals surface area contributed by atoms with Gasteiger partial charge < -0.3 is 34.5 Å². The van der Waals surface area contributed by atoms with Gasteiger partial charge in [-0.25, -0.2) is 0 Å². The summed E-state index contributed by atoms with van der Waals surface area (Å²) in [6.45, 7) is 4.04. The molecule has 1 amide bonds. The van der Waals surface area contributed by atoms with E-state index in [9.17, 15) is 4.79 Å². The van der Waals surface area contributed by atoms with E-state index in [0.29, 0.717) is 40.0 Å². The van der Waals surface area contributed by atoms with Crippen molar-refractivity contribution in [2.24, 2.45) is 5.92 Å². The number of benzene rings is 2. The summed E-state index contributed by atoms with van der Waals surface area (Å²) in [6, 6.07) is 8.68. The number of amides is 1. The van der Waals surface area contributed by atoms with Gasteiger partial charge in [-0.1, -0.05) is 25.1 Å². The van der Waals surface area contributed by atoms with Crippen LogP contribution in [0.25, 0.3) is 22.5 Å². The highest BCUT2D eigenvalue weighted by Crippen LogP contribution is 2.44. The summed E-state index contributed by atoms with van der Waals surface area (Å²) < 4.78 is 27.4. The third kappa shape index (κ3) is 4.94. The molecule has 0 spiro atoms. The number of quaternary nitrogens is 1. The summed E-state index contributed by atoms with van der Waals surface area (Å²) in [4.78, 5) is 12.8. The number of methoxy groups -OCH3 is 4. The summed E-state index contributed by atoms with van der Waals surface area (Å²) in [5.74, 6) is 2.50.